The topological polar surface area (TPSA) is 70.2 Å². The summed E-state index contributed by atoms with van der Waals surface area (Å²) in [6.45, 7) is 4.65. The lowest BCUT2D eigenvalue weighted by atomic mass is 10.2. The second-order valence-electron chi connectivity index (χ2n) is 3.51. The van der Waals surface area contributed by atoms with Crippen molar-refractivity contribution in [3.8, 4) is 0 Å². The van der Waals surface area contributed by atoms with Crippen molar-refractivity contribution in [1.82, 2.24) is 16.0 Å². The van der Waals surface area contributed by atoms with Crippen LogP contribution in [0.1, 0.15) is 26.7 Å². The highest BCUT2D eigenvalue weighted by Gasteiger charge is 2.05. The van der Waals surface area contributed by atoms with E-state index in [0.29, 0.717) is 13.0 Å². The molecule has 0 aromatic carbocycles. The minimum absolute atomic E-state index is 0. The van der Waals surface area contributed by atoms with Crippen LogP contribution in [0.4, 0.5) is 0 Å². The molecule has 0 spiro atoms. The third-order valence-corrected chi connectivity index (χ3v) is 2.03. The number of halogens is 1. The Kier molecular flexibility index (Phi) is 11.8. The molecule has 0 saturated heterocycles. The molecule has 3 N–H and O–H groups in total. The molecular weight excluding hydrogens is 230 g/mol. The molecule has 6 heteroatoms. The Bertz CT molecular complexity index is 212. The van der Waals surface area contributed by atoms with Crippen LogP contribution in [0.3, 0.4) is 0 Å². The molecule has 0 aromatic heterocycles. The molecule has 0 fully saturated rings. The first kappa shape index (κ1) is 17.6. The van der Waals surface area contributed by atoms with E-state index in [0.717, 1.165) is 6.42 Å². The first-order valence-corrected chi connectivity index (χ1v) is 5.30. The van der Waals surface area contributed by atoms with Gasteiger partial charge in [-0.05, 0) is 20.4 Å². The Hall–Kier alpha value is -0.810. The second-order valence-corrected chi connectivity index (χ2v) is 3.51. The van der Waals surface area contributed by atoms with E-state index in [1.807, 2.05) is 13.8 Å². The Morgan fingerprint density at radius 1 is 1.25 bits per heavy atom. The van der Waals surface area contributed by atoms with Gasteiger partial charge >= 0.3 is 0 Å². The van der Waals surface area contributed by atoms with Crippen molar-refractivity contribution in [2.75, 3.05) is 20.1 Å². The van der Waals surface area contributed by atoms with Crippen molar-refractivity contribution in [3.05, 3.63) is 0 Å². The van der Waals surface area contributed by atoms with E-state index < -0.39 is 0 Å². The second kappa shape index (κ2) is 10.7. The molecule has 96 valence electrons. The first-order valence-electron chi connectivity index (χ1n) is 5.30. The van der Waals surface area contributed by atoms with E-state index in [1.54, 1.807) is 7.05 Å². The van der Waals surface area contributed by atoms with Crippen molar-refractivity contribution in [2.24, 2.45) is 0 Å². The Balaban J connectivity index is 0. The lowest BCUT2D eigenvalue weighted by molar-refractivity contribution is -0.122. The van der Waals surface area contributed by atoms with Gasteiger partial charge in [-0.1, -0.05) is 6.92 Å². The smallest absolute Gasteiger partial charge is 0.233 e. The molecule has 0 saturated carbocycles. The zero-order chi connectivity index (χ0) is 11.7. The SMILES string of the molecule is CCC(C)NC(=O)CCNC(=O)CNC.Cl. The molecule has 1 atom stereocenters. The number of hydrogen-bond acceptors (Lipinski definition) is 3. The van der Waals surface area contributed by atoms with E-state index >= 15 is 0 Å². The van der Waals surface area contributed by atoms with Gasteiger partial charge in [-0.2, -0.15) is 0 Å². The quantitative estimate of drug-likeness (QED) is 0.599. The summed E-state index contributed by atoms with van der Waals surface area (Å²) in [5.41, 5.74) is 0. The molecule has 0 aliphatic rings. The van der Waals surface area contributed by atoms with Gasteiger partial charge in [-0.3, -0.25) is 9.59 Å². The largest absolute Gasteiger partial charge is 0.354 e. The lowest BCUT2D eigenvalue weighted by Gasteiger charge is -2.11. The van der Waals surface area contributed by atoms with Crippen molar-refractivity contribution in [3.63, 3.8) is 0 Å². The molecule has 16 heavy (non-hydrogen) atoms. The summed E-state index contributed by atoms with van der Waals surface area (Å²) in [6, 6.07) is 0.200. The molecule has 0 aromatic rings. The molecule has 0 aliphatic heterocycles. The van der Waals surface area contributed by atoms with Crippen LogP contribution in [-0.4, -0.2) is 38.0 Å². The average Bonchev–Trinajstić information content (AvgIpc) is 2.18. The van der Waals surface area contributed by atoms with Gasteiger partial charge in [0.1, 0.15) is 0 Å². The zero-order valence-corrected chi connectivity index (χ0v) is 10.9. The molecule has 2 amide bonds. The van der Waals surface area contributed by atoms with Gasteiger partial charge in [0.25, 0.3) is 0 Å². The van der Waals surface area contributed by atoms with Crippen LogP contribution in [0.15, 0.2) is 0 Å². The predicted octanol–water partition coefficient (Wildman–Crippen LogP) is 0.0486. The molecule has 0 bridgehead atoms. The minimum Gasteiger partial charge on any atom is -0.354 e. The molecule has 0 heterocycles. The number of amides is 2. The van der Waals surface area contributed by atoms with E-state index in [1.165, 1.54) is 0 Å². The molecule has 0 radical (unpaired) electrons. The van der Waals surface area contributed by atoms with Crippen LogP contribution in [0, 0.1) is 0 Å². The molecule has 1 unspecified atom stereocenters. The van der Waals surface area contributed by atoms with Crippen molar-refractivity contribution in [1.29, 1.82) is 0 Å². The highest BCUT2D eigenvalue weighted by molar-refractivity contribution is 5.85. The van der Waals surface area contributed by atoms with Gasteiger partial charge in [0.15, 0.2) is 0 Å². The number of carbonyl (C=O) groups excluding carboxylic acids is 2. The van der Waals surface area contributed by atoms with Crippen LogP contribution in [0.2, 0.25) is 0 Å². The average molecular weight is 252 g/mol. The maximum atomic E-state index is 11.3. The van der Waals surface area contributed by atoms with Gasteiger partial charge < -0.3 is 16.0 Å². The van der Waals surface area contributed by atoms with E-state index in [4.69, 9.17) is 0 Å². The molecule has 0 aliphatic carbocycles. The van der Waals surface area contributed by atoms with Gasteiger partial charge in [-0.25, -0.2) is 0 Å². The molecule has 5 nitrogen and oxygen atoms in total. The summed E-state index contributed by atoms with van der Waals surface area (Å²) < 4.78 is 0. The van der Waals surface area contributed by atoms with E-state index in [9.17, 15) is 9.59 Å². The van der Waals surface area contributed by atoms with Crippen molar-refractivity contribution >= 4 is 24.2 Å². The van der Waals surface area contributed by atoms with Crippen LogP contribution >= 0.6 is 12.4 Å². The fourth-order valence-corrected chi connectivity index (χ4v) is 0.988. The Morgan fingerprint density at radius 3 is 2.38 bits per heavy atom. The summed E-state index contributed by atoms with van der Waals surface area (Å²) in [5, 5.41) is 8.21. The van der Waals surface area contributed by atoms with Gasteiger partial charge in [0, 0.05) is 19.0 Å². The number of likely N-dealkylation sites (N-methyl/N-ethyl adjacent to an activating group) is 1. The summed E-state index contributed by atoms with van der Waals surface area (Å²) >= 11 is 0. The third kappa shape index (κ3) is 9.73. The van der Waals surface area contributed by atoms with Crippen LogP contribution in [0.25, 0.3) is 0 Å². The minimum atomic E-state index is -0.0890. The van der Waals surface area contributed by atoms with Crippen LogP contribution in [0.5, 0.6) is 0 Å². The number of nitrogens with one attached hydrogen (secondary N) is 3. The van der Waals surface area contributed by atoms with E-state index in [-0.39, 0.29) is 36.8 Å². The third-order valence-electron chi connectivity index (χ3n) is 2.03. The maximum absolute atomic E-state index is 11.3. The number of carbonyl (C=O) groups is 2. The van der Waals surface area contributed by atoms with Crippen LogP contribution < -0.4 is 16.0 Å². The first-order chi connectivity index (χ1) is 7.10. The Morgan fingerprint density at radius 2 is 1.88 bits per heavy atom. The highest BCUT2D eigenvalue weighted by atomic mass is 35.5. The van der Waals surface area contributed by atoms with Gasteiger partial charge in [0.05, 0.1) is 6.54 Å². The van der Waals surface area contributed by atoms with Crippen LogP contribution in [-0.2, 0) is 9.59 Å². The standard InChI is InChI=1S/C10H21N3O2.ClH/c1-4-8(2)13-9(14)5-6-12-10(15)7-11-3;/h8,11H,4-7H2,1-3H3,(H,12,15)(H,13,14);1H. The Labute approximate surface area is 103 Å². The summed E-state index contributed by atoms with van der Waals surface area (Å²) in [4.78, 5) is 22.3. The lowest BCUT2D eigenvalue weighted by Crippen LogP contribution is -2.37. The monoisotopic (exact) mass is 251 g/mol. The fourth-order valence-electron chi connectivity index (χ4n) is 0.988. The normalized spacial score (nSPS) is 11.2. The highest BCUT2D eigenvalue weighted by Crippen LogP contribution is 1.88. The number of hydrogen-bond donors (Lipinski definition) is 3. The fraction of sp³-hybridized carbons (Fsp3) is 0.800. The predicted molar refractivity (Wildman–Crippen MR) is 66.7 cm³/mol. The van der Waals surface area contributed by atoms with Crippen molar-refractivity contribution in [2.45, 2.75) is 32.7 Å². The van der Waals surface area contributed by atoms with Gasteiger partial charge in [0.2, 0.25) is 11.8 Å². The van der Waals surface area contributed by atoms with E-state index in [2.05, 4.69) is 16.0 Å². The summed E-state index contributed by atoms with van der Waals surface area (Å²) in [5.74, 6) is -0.108. The van der Waals surface area contributed by atoms with Crippen molar-refractivity contribution < 1.29 is 9.59 Å². The molecule has 0 rings (SSSR count). The zero-order valence-electron chi connectivity index (χ0n) is 10.1. The maximum Gasteiger partial charge on any atom is 0.233 e. The molecular formula is C10H22ClN3O2. The summed E-state index contributed by atoms with van der Waals surface area (Å²) in [6.07, 6.45) is 1.25. The number of rotatable bonds is 7. The summed E-state index contributed by atoms with van der Waals surface area (Å²) in [7, 11) is 1.70. The van der Waals surface area contributed by atoms with Gasteiger partial charge in [-0.15, -0.1) is 12.4 Å².